The summed E-state index contributed by atoms with van der Waals surface area (Å²) >= 11 is 0. The molecule has 7 aromatic carbocycles. The molecule has 1 aliphatic rings. The van der Waals surface area contributed by atoms with E-state index in [1.54, 1.807) is 0 Å². The Hall–Kier alpha value is -5.34. The second-order valence-corrected chi connectivity index (χ2v) is 11.1. The number of anilines is 5. The van der Waals surface area contributed by atoms with Gasteiger partial charge in [0.15, 0.2) is 0 Å². The molecule has 42 heavy (non-hydrogen) atoms. The van der Waals surface area contributed by atoms with E-state index in [0.717, 1.165) is 17.8 Å². The highest BCUT2D eigenvalue weighted by Gasteiger charge is 2.24. The van der Waals surface area contributed by atoms with Crippen molar-refractivity contribution in [2.45, 2.75) is 6.42 Å². The van der Waals surface area contributed by atoms with Gasteiger partial charge in [-0.3, -0.25) is 0 Å². The molecule has 8 rings (SSSR count). The second kappa shape index (κ2) is 9.94. The molecule has 2 heteroatoms. The molecule has 1 aliphatic carbocycles. The predicted octanol–water partition coefficient (Wildman–Crippen LogP) is 10.8. The van der Waals surface area contributed by atoms with E-state index >= 15 is 0 Å². The largest absolute Gasteiger partial charge is 0.345 e. The van der Waals surface area contributed by atoms with Crippen LogP contribution in [0.25, 0.3) is 32.7 Å². The zero-order valence-corrected chi connectivity index (χ0v) is 23.5. The first kappa shape index (κ1) is 24.5. The Balaban J connectivity index is 1.24. The molecule has 0 aliphatic heterocycles. The van der Waals surface area contributed by atoms with Crippen LogP contribution in [0.5, 0.6) is 0 Å². The van der Waals surface area contributed by atoms with Crippen LogP contribution in [0, 0.1) is 0 Å². The molecular weight excluding hydrogens is 508 g/mol. The summed E-state index contributed by atoms with van der Waals surface area (Å²) in [5.41, 5.74) is 11.4. The fraction of sp³-hybridized carbons (Fsp3) is 0.0500. The Kier molecular flexibility index (Phi) is 5.79. The molecule has 0 aromatic heterocycles. The molecule has 0 atom stereocenters. The summed E-state index contributed by atoms with van der Waals surface area (Å²) < 4.78 is 0. The first-order valence-corrected chi connectivity index (χ1v) is 14.6. The Morgan fingerprint density at radius 3 is 1.79 bits per heavy atom. The van der Waals surface area contributed by atoms with E-state index in [9.17, 15) is 0 Å². The lowest BCUT2D eigenvalue weighted by molar-refractivity contribution is 1.20. The summed E-state index contributed by atoms with van der Waals surface area (Å²) in [5, 5.41) is 5.02. The number of nitrogens with zero attached hydrogens (tertiary/aromatic N) is 2. The third kappa shape index (κ3) is 4.03. The highest BCUT2D eigenvalue weighted by molar-refractivity contribution is 6.09. The Morgan fingerprint density at radius 2 is 1.05 bits per heavy atom. The topological polar surface area (TPSA) is 6.48 Å². The first-order valence-electron chi connectivity index (χ1n) is 14.6. The van der Waals surface area contributed by atoms with Crippen molar-refractivity contribution in [2.24, 2.45) is 0 Å². The quantitative estimate of drug-likeness (QED) is 0.201. The number of hydrogen-bond acceptors (Lipinski definition) is 2. The minimum atomic E-state index is 0.947. The van der Waals surface area contributed by atoms with Crippen LogP contribution in [-0.4, -0.2) is 7.05 Å². The van der Waals surface area contributed by atoms with Crippen molar-refractivity contribution in [3.05, 3.63) is 163 Å². The SMILES string of the molecule is CN(c1ccccc1)c1ccc2c(ccc3cc(N(c4ccccc4)c4cccc5c4Cc4ccccc4-5)ccc32)c1. The van der Waals surface area contributed by atoms with Gasteiger partial charge in [-0.05, 0) is 98.4 Å². The Bertz CT molecular complexity index is 2080. The third-order valence-electron chi connectivity index (χ3n) is 8.67. The average Bonchev–Trinajstić information content (AvgIpc) is 3.45. The molecule has 2 nitrogen and oxygen atoms in total. The minimum Gasteiger partial charge on any atom is -0.345 e. The highest BCUT2D eigenvalue weighted by Crippen LogP contribution is 2.46. The van der Waals surface area contributed by atoms with Crippen molar-refractivity contribution in [1.82, 2.24) is 0 Å². The van der Waals surface area contributed by atoms with Crippen LogP contribution >= 0.6 is 0 Å². The van der Waals surface area contributed by atoms with Crippen LogP contribution in [-0.2, 0) is 6.42 Å². The van der Waals surface area contributed by atoms with Crippen molar-refractivity contribution in [1.29, 1.82) is 0 Å². The maximum atomic E-state index is 2.42. The van der Waals surface area contributed by atoms with Gasteiger partial charge in [0.05, 0.1) is 5.69 Å². The van der Waals surface area contributed by atoms with Gasteiger partial charge in [0.2, 0.25) is 0 Å². The standard InChI is InChI=1S/C40H30N2/c1-41(31-12-4-2-5-13-31)33-21-23-36-29(25-33)19-20-30-26-34(22-24-37(30)36)42(32-14-6-3-7-15-32)40-18-10-17-38-35-16-9-8-11-28(35)27-39(38)40/h2-26H,27H2,1H3. The number of para-hydroxylation sites is 2. The van der Waals surface area contributed by atoms with E-state index in [1.165, 1.54) is 60.9 Å². The molecule has 0 saturated heterocycles. The normalized spacial score (nSPS) is 11.8. The summed E-state index contributed by atoms with van der Waals surface area (Å²) in [5.74, 6) is 0. The van der Waals surface area contributed by atoms with Gasteiger partial charge in [0, 0.05) is 36.2 Å². The molecule has 0 heterocycles. The maximum Gasteiger partial charge on any atom is 0.0503 e. The van der Waals surface area contributed by atoms with Gasteiger partial charge in [-0.15, -0.1) is 0 Å². The molecule has 0 N–H and O–H groups in total. The molecule has 7 aromatic rings. The lowest BCUT2D eigenvalue weighted by Crippen LogP contribution is -2.12. The first-order chi connectivity index (χ1) is 20.7. The van der Waals surface area contributed by atoms with E-state index in [4.69, 9.17) is 0 Å². The highest BCUT2D eigenvalue weighted by atomic mass is 15.1. The molecule has 0 amide bonds. The maximum absolute atomic E-state index is 2.42. The number of fused-ring (bicyclic) bond motifs is 6. The van der Waals surface area contributed by atoms with Crippen LogP contribution in [0.15, 0.2) is 152 Å². The van der Waals surface area contributed by atoms with E-state index in [0.29, 0.717) is 0 Å². The average molecular weight is 539 g/mol. The van der Waals surface area contributed by atoms with Crippen molar-refractivity contribution in [2.75, 3.05) is 16.8 Å². The van der Waals surface area contributed by atoms with Gasteiger partial charge >= 0.3 is 0 Å². The molecular formula is C40H30N2. The van der Waals surface area contributed by atoms with E-state index in [1.807, 2.05) is 0 Å². The van der Waals surface area contributed by atoms with Crippen LogP contribution in [0.2, 0.25) is 0 Å². The summed E-state index contributed by atoms with van der Waals surface area (Å²) in [6.07, 6.45) is 0.947. The zero-order chi connectivity index (χ0) is 28.0. The van der Waals surface area contributed by atoms with Crippen LogP contribution in [0.4, 0.5) is 28.4 Å². The molecule has 0 bridgehead atoms. The van der Waals surface area contributed by atoms with Gasteiger partial charge in [-0.2, -0.15) is 0 Å². The van der Waals surface area contributed by atoms with Crippen molar-refractivity contribution in [3.63, 3.8) is 0 Å². The van der Waals surface area contributed by atoms with Crippen LogP contribution < -0.4 is 9.80 Å². The molecule has 0 saturated carbocycles. The van der Waals surface area contributed by atoms with E-state index in [-0.39, 0.29) is 0 Å². The molecule has 200 valence electrons. The fourth-order valence-electron chi connectivity index (χ4n) is 6.55. The molecule has 0 unspecified atom stereocenters. The monoisotopic (exact) mass is 538 g/mol. The molecule has 0 fully saturated rings. The van der Waals surface area contributed by atoms with Crippen molar-refractivity contribution < 1.29 is 0 Å². The van der Waals surface area contributed by atoms with Gasteiger partial charge < -0.3 is 9.80 Å². The summed E-state index contributed by atoms with van der Waals surface area (Å²) in [7, 11) is 2.13. The zero-order valence-electron chi connectivity index (χ0n) is 23.5. The van der Waals surface area contributed by atoms with Gasteiger partial charge in [0.25, 0.3) is 0 Å². The van der Waals surface area contributed by atoms with Gasteiger partial charge in [-0.25, -0.2) is 0 Å². The summed E-state index contributed by atoms with van der Waals surface area (Å²) in [4.78, 5) is 4.66. The van der Waals surface area contributed by atoms with Crippen LogP contribution in [0.3, 0.4) is 0 Å². The third-order valence-corrected chi connectivity index (χ3v) is 8.67. The van der Waals surface area contributed by atoms with Gasteiger partial charge in [0.1, 0.15) is 0 Å². The minimum absolute atomic E-state index is 0.947. The van der Waals surface area contributed by atoms with E-state index in [2.05, 4.69) is 169 Å². The summed E-state index contributed by atoms with van der Waals surface area (Å²) in [6.45, 7) is 0. The number of hydrogen-bond donors (Lipinski definition) is 0. The Labute approximate surface area is 246 Å². The Morgan fingerprint density at radius 1 is 0.452 bits per heavy atom. The molecule has 0 spiro atoms. The van der Waals surface area contributed by atoms with E-state index < -0.39 is 0 Å². The van der Waals surface area contributed by atoms with Crippen molar-refractivity contribution >= 4 is 50.0 Å². The lowest BCUT2D eigenvalue weighted by atomic mass is 9.99. The van der Waals surface area contributed by atoms with Gasteiger partial charge in [-0.1, -0.05) is 97.1 Å². The van der Waals surface area contributed by atoms with Crippen molar-refractivity contribution in [3.8, 4) is 11.1 Å². The fourth-order valence-corrected chi connectivity index (χ4v) is 6.55. The smallest absolute Gasteiger partial charge is 0.0503 e. The second-order valence-electron chi connectivity index (χ2n) is 11.1. The number of rotatable bonds is 5. The molecule has 0 radical (unpaired) electrons. The predicted molar refractivity (Wildman–Crippen MR) is 179 cm³/mol. The number of benzene rings is 7. The summed E-state index contributed by atoms with van der Waals surface area (Å²) in [6, 6.07) is 55.0. The lowest BCUT2D eigenvalue weighted by Gasteiger charge is -2.28. The van der Waals surface area contributed by atoms with Crippen LogP contribution in [0.1, 0.15) is 11.1 Å².